The van der Waals surface area contributed by atoms with Gasteiger partial charge in [0.1, 0.15) is 18.2 Å². The minimum Gasteiger partial charge on any atom is -0.492 e. The van der Waals surface area contributed by atoms with Crippen molar-refractivity contribution >= 4 is 29.9 Å². The zero-order valence-electron chi connectivity index (χ0n) is 16.9. The van der Waals surface area contributed by atoms with Crippen molar-refractivity contribution in [3.8, 4) is 5.75 Å². The molecule has 8 heteroatoms. The van der Waals surface area contributed by atoms with Gasteiger partial charge in [-0.25, -0.2) is 4.79 Å². The summed E-state index contributed by atoms with van der Waals surface area (Å²) in [7, 11) is 3.91. The van der Waals surface area contributed by atoms with Gasteiger partial charge in [-0.3, -0.25) is 5.41 Å². The maximum atomic E-state index is 12.0. The van der Waals surface area contributed by atoms with E-state index in [2.05, 4.69) is 5.32 Å². The maximum absolute atomic E-state index is 12.0. The third-order valence-corrected chi connectivity index (χ3v) is 4.34. The van der Waals surface area contributed by atoms with E-state index in [9.17, 15) is 9.90 Å². The van der Waals surface area contributed by atoms with Crippen LogP contribution < -0.4 is 15.8 Å². The van der Waals surface area contributed by atoms with Crippen LogP contribution in [0.25, 0.3) is 0 Å². The lowest BCUT2D eigenvalue weighted by atomic mass is 10.0. The molecule has 0 spiro atoms. The second-order valence-corrected chi connectivity index (χ2v) is 6.78. The molecule has 1 atom stereocenters. The Hall–Kier alpha value is -2.77. The fraction of sp³-hybridized carbons (Fsp3) is 0.333. The Bertz CT molecular complexity index is 825. The predicted octanol–water partition coefficient (Wildman–Crippen LogP) is 3.13. The summed E-state index contributed by atoms with van der Waals surface area (Å²) in [6.45, 7) is 3.22. The topological polar surface area (TPSA) is 112 Å². The Morgan fingerprint density at radius 1 is 1.24 bits per heavy atom. The molecular formula is C21H29ClN4O3. The molecule has 0 amide bonds. The van der Waals surface area contributed by atoms with Gasteiger partial charge < -0.3 is 25.8 Å². The molecule has 0 fully saturated rings. The highest BCUT2D eigenvalue weighted by Gasteiger charge is 2.24. The predicted molar refractivity (Wildman–Crippen MR) is 119 cm³/mol. The number of ether oxygens (including phenoxy) is 1. The number of hydrogen-bond acceptors (Lipinski definition) is 5. The summed E-state index contributed by atoms with van der Waals surface area (Å²) < 4.78 is 5.88. The molecule has 0 saturated heterocycles. The summed E-state index contributed by atoms with van der Waals surface area (Å²) in [4.78, 5) is 14.0. The molecule has 2 aromatic carbocycles. The van der Waals surface area contributed by atoms with Crippen LogP contribution in [0.2, 0.25) is 0 Å². The molecule has 5 N–H and O–H groups in total. The minimum atomic E-state index is -0.999. The Balaban J connectivity index is 0.00000420. The number of aliphatic carboxylic acids is 1. The summed E-state index contributed by atoms with van der Waals surface area (Å²) in [6, 6.07) is 11.5. The van der Waals surface area contributed by atoms with Gasteiger partial charge in [0.25, 0.3) is 0 Å². The molecule has 0 bridgehead atoms. The van der Waals surface area contributed by atoms with Crippen molar-refractivity contribution in [1.29, 1.82) is 5.41 Å². The smallest absolute Gasteiger partial charge is 0.330 e. The van der Waals surface area contributed by atoms with Crippen molar-refractivity contribution in [3.05, 3.63) is 59.2 Å². The number of carboxylic acids is 1. The fourth-order valence-electron chi connectivity index (χ4n) is 2.70. The van der Waals surface area contributed by atoms with Crippen LogP contribution in [-0.4, -0.2) is 49.1 Å². The highest BCUT2D eigenvalue weighted by Crippen LogP contribution is 2.30. The van der Waals surface area contributed by atoms with Crippen LogP contribution in [0.5, 0.6) is 5.75 Å². The van der Waals surface area contributed by atoms with E-state index in [1.807, 2.05) is 44.1 Å². The highest BCUT2D eigenvalue weighted by atomic mass is 35.5. The average molecular weight is 421 g/mol. The third kappa shape index (κ3) is 6.96. The van der Waals surface area contributed by atoms with Crippen molar-refractivity contribution in [3.63, 3.8) is 0 Å². The molecule has 2 aromatic rings. The molecule has 0 aromatic heterocycles. The van der Waals surface area contributed by atoms with Crippen LogP contribution in [0.4, 0.5) is 5.69 Å². The van der Waals surface area contributed by atoms with E-state index < -0.39 is 12.0 Å². The quantitative estimate of drug-likeness (QED) is 0.347. The van der Waals surface area contributed by atoms with Gasteiger partial charge in [-0.15, -0.1) is 12.4 Å². The van der Waals surface area contributed by atoms with E-state index in [4.69, 9.17) is 15.9 Å². The minimum absolute atomic E-state index is 0. The molecule has 0 aliphatic heterocycles. The number of benzene rings is 2. The summed E-state index contributed by atoms with van der Waals surface area (Å²) in [6.07, 6.45) is 0.796. The lowest BCUT2D eigenvalue weighted by Crippen LogP contribution is -2.23. The highest BCUT2D eigenvalue weighted by molar-refractivity contribution is 5.95. The standard InChI is InChI=1S/C21H28N4O3.ClH/c1-4-14-5-10-18(28-12-11-25(2)3)17(13-14)19(21(26)27)24-16-8-6-15(7-9-16)20(22)23;/h5-10,13,19,24H,4,11-12H2,1-3H3,(H3,22,23)(H,26,27);1H. The number of aryl methyl sites for hydroxylation is 1. The number of amidine groups is 1. The third-order valence-electron chi connectivity index (χ3n) is 4.34. The van der Waals surface area contributed by atoms with E-state index in [1.54, 1.807) is 24.3 Å². The first-order valence-corrected chi connectivity index (χ1v) is 9.16. The zero-order chi connectivity index (χ0) is 20.7. The summed E-state index contributed by atoms with van der Waals surface area (Å²) in [5.74, 6) is -0.478. The molecule has 0 heterocycles. The SMILES string of the molecule is CCc1ccc(OCCN(C)C)c(C(Nc2ccc(C(=N)N)cc2)C(=O)O)c1.Cl. The molecule has 29 heavy (non-hydrogen) atoms. The van der Waals surface area contributed by atoms with E-state index in [0.29, 0.717) is 29.2 Å². The Morgan fingerprint density at radius 3 is 2.41 bits per heavy atom. The molecule has 158 valence electrons. The number of halogens is 1. The largest absolute Gasteiger partial charge is 0.492 e. The normalized spacial score (nSPS) is 11.4. The number of carboxylic acid groups (broad SMARTS) is 1. The molecular weight excluding hydrogens is 392 g/mol. The van der Waals surface area contributed by atoms with Crippen LogP contribution in [-0.2, 0) is 11.2 Å². The molecule has 0 aliphatic rings. The van der Waals surface area contributed by atoms with Crippen molar-refractivity contribution in [1.82, 2.24) is 4.90 Å². The van der Waals surface area contributed by atoms with Gasteiger partial charge in [0.15, 0.2) is 6.04 Å². The van der Waals surface area contributed by atoms with Gasteiger partial charge in [-0.05, 0) is 62.5 Å². The van der Waals surface area contributed by atoms with Crippen LogP contribution in [0.1, 0.15) is 29.7 Å². The number of hydrogen-bond donors (Lipinski definition) is 4. The van der Waals surface area contributed by atoms with Crippen molar-refractivity contribution in [2.45, 2.75) is 19.4 Å². The van der Waals surface area contributed by atoms with Crippen LogP contribution in [0.15, 0.2) is 42.5 Å². The summed E-state index contributed by atoms with van der Waals surface area (Å²) in [5.41, 5.74) is 8.30. The first-order chi connectivity index (χ1) is 13.3. The van der Waals surface area contributed by atoms with Gasteiger partial charge in [-0.2, -0.15) is 0 Å². The van der Waals surface area contributed by atoms with E-state index >= 15 is 0 Å². The van der Waals surface area contributed by atoms with Crippen molar-refractivity contribution in [2.24, 2.45) is 5.73 Å². The van der Waals surface area contributed by atoms with E-state index in [-0.39, 0.29) is 18.2 Å². The van der Waals surface area contributed by atoms with Crippen molar-refractivity contribution in [2.75, 3.05) is 32.6 Å². The molecule has 1 unspecified atom stereocenters. The molecule has 0 saturated carbocycles. The second kappa shape index (κ2) is 11.3. The molecule has 7 nitrogen and oxygen atoms in total. The average Bonchev–Trinajstić information content (AvgIpc) is 2.66. The van der Waals surface area contributed by atoms with Crippen molar-refractivity contribution < 1.29 is 14.6 Å². The first-order valence-electron chi connectivity index (χ1n) is 9.16. The van der Waals surface area contributed by atoms with Gasteiger partial charge in [0.2, 0.25) is 0 Å². The Labute approximate surface area is 177 Å². The number of nitrogens with two attached hydrogens (primary N) is 1. The number of likely N-dealkylation sites (N-methyl/N-ethyl adjacent to an activating group) is 1. The summed E-state index contributed by atoms with van der Waals surface area (Å²) in [5, 5.41) is 20.4. The van der Waals surface area contributed by atoms with Gasteiger partial charge in [0.05, 0.1) is 0 Å². The molecule has 2 rings (SSSR count). The Kier molecular flexibility index (Phi) is 9.44. The number of nitrogens with one attached hydrogen (secondary N) is 2. The van der Waals surface area contributed by atoms with Gasteiger partial charge in [0, 0.05) is 23.4 Å². The van der Waals surface area contributed by atoms with E-state index in [1.165, 1.54) is 0 Å². The summed E-state index contributed by atoms with van der Waals surface area (Å²) >= 11 is 0. The second-order valence-electron chi connectivity index (χ2n) is 6.78. The monoisotopic (exact) mass is 420 g/mol. The molecule has 0 aliphatic carbocycles. The van der Waals surface area contributed by atoms with Crippen LogP contribution >= 0.6 is 12.4 Å². The number of anilines is 1. The number of carbonyl (C=O) groups is 1. The number of nitrogens with zero attached hydrogens (tertiary/aromatic N) is 1. The molecule has 0 radical (unpaired) electrons. The first kappa shape index (κ1) is 24.3. The lowest BCUT2D eigenvalue weighted by molar-refractivity contribution is -0.138. The van der Waals surface area contributed by atoms with Gasteiger partial charge >= 0.3 is 5.97 Å². The van der Waals surface area contributed by atoms with Crippen LogP contribution in [0.3, 0.4) is 0 Å². The zero-order valence-corrected chi connectivity index (χ0v) is 17.8. The van der Waals surface area contributed by atoms with E-state index in [0.717, 1.165) is 18.5 Å². The Morgan fingerprint density at radius 2 is 1.90 bits per heavy atom. The fourth-order valence-corrected chi connectivity index (χ4v) is 2.70. The van der Waals surface area contributed by atoms with Gasteiger partial charge in [-0.1, -0.05) is 13.0 Å². The maximum Gasteiger partial charge on any atom is 0.330 e. The van der Waals surface area contributed by atoms with Crippen LogP contribution in [0, 0.1) is 5.41 Å². The lowest BCUT2D eigenvalue weighted by Gasteiger charge is -2.21. The number of rotatable bonds is 10. The number of nitrogen functional groups attached to an aromatic ring is 1.